The molecule has 0 spiro atoms. The van der Waals surface area contributed by atoms with Gasteiger partial charge >= 0.3 is 17.6 Å². The first-order valence-electron chi connectivity index (χ1n) is 10.1. The van der Waals surface area contributed by atoms with Gasteiger partial charge in [0.25, 0.3) is 5.91 Å². The minimum absolute atomic E-state index is 0.0131. The number of alkyl halides is 1. The summed E-state index contributed by atoms with van der Waals surface area (Å²) in [7, 11) is 0. The van der Waals surface area contributed by atoms with Crippen LogP contribution in [0.4, 0.5) is 5.82 Å². The Morgan fingerprint density at radius 1 is 1.24 bits per heavy atom. The molecule has 2 aromatic rings. The van der Waals surface area contributed by atoms with Crippen molar-refractivity contribution in [1.82, 2.24) is 9.55 Å². The third-order valence-corrected chi connectivity index (χ3v) is 6.02. The molecule has 180 valence electrons. The predicted octanol–water partition coefficient (Wildman–Crippen LogP) is 2.86. The number of carbonyl (C=O) groups excluding carboxylic acids is 3. The van der Waals surface area contributed by atoms with E-state index in [2.05, 4.69) is 26.2 Å². The molecule has 0 bridgehead atoms. The summed E-state index contributed by atoms with van der Waals surface area (Å²) >= 11 is 9.18. The lowest BCUT2D eigenvalue weighted by atomic mass is 10.2. The van der Waals surface area contributed by atoms with Gasteiger partial charge < -0.3 is 19.5 Å². The number of nitrogens with zero attached hydrogens (tertiary/aromatic N) is 2. The van der Waals surface area contributed by atoms with Crippen LogP contribution < -0.4 is 11.0 Å². The molecule has 1 saturated heterocycles. The fourth-order valence-corrected chi connectivity index (χ4v) is 4.08. The Morgan fingerprint density at radius 2 is 1.94 bits per heavy atom. The summed E-state index contributed by atoms with van der Waals surface area (Å²) in [5.74, 6) is -1.58. The zero-order valence-electron chi connectivity index (χ0n) is 18.1. The molecular formula is C22H21BrClN3O7. The fraction of sp³-hybridized carbons (Fsp3) is 0.318. The van der Waals surface area contributed by atoms with Gasteiger partial charge in [-0.15, -0.1) is 0 Å². The number of benzene rings is 1. The Balaban J connectivity index is 1.96. The zero-order chi connectivity index (χ0) is 24.8. The molecule has 4 atom stereocenters. The minimum atomic E-state index is -1.09. The first kappa shape index (κ1) is 25.6. The monoisotopic (exact) mass is 553 g/mol. The smallest absolute Gasteiger partial charge is 0.351 e. The molecule has 3 rings (SSSR count). The fourth-order valence-electron chi connectivity index (χ4n) is 3.30. The van der Waals surface area contributed by atoms with Crippen LogP contribution in [0.25, 0.3) is 6.08 Å². The SMILES string of the molecule is CC(=O)OC[C@H]1O[C@@H](n2cc(/C=C/Cl)c(NC(=O)c3ccccc3)nc2=O)[C@H](OC(C)=O)[C@H]1Br. The second kappa shape index (κ2) is 11.4. The van der Waals surface area contributed by atoms with Gasteiger partial charge in [-0.1, -0.05) is 45.7 Å². The van der Waals surface area contributed by atoms with Crippen molar-refractivity contribution in [3.8, 4) is 0 Å². The Bertz CT molecular complexity index is 1150. The standard InChI is InChI=1S/C22H21BrClN3O7/c1-12(28)32-11-16-17(23)18(33-13(2)29)21(34-16)27-10-15(8-9-24)19(26-22(27)31)25-20(30)14-6-4-3-5-7-14/h3-10,16-18,21H,11H2,1-2H3,(H,25,26,30,31)/b9-8+/t16-,17+,18-,21-/m1/s1. The number of esters is 2. The van der Waals surface area contributed by atoms with Crippen LogP contribution in [-0.2, 0) is 23.8 Å². The highest BCUT2D eigenvalue weighted by Crippen LogP contribution is 2.36. The number of carbonyl (C=O) groups is 3. The number of anilines is 1. The van der Waals surface area contributed by atoms with E-state index >= 15 is 0 Å². The Morgan fingerprint density at radius 3 is 2.56 bits per heavy atom. The zero-order valence-corrected chi connectivity index (χ0v) is 20.5. The molecule has 1 N–H and O–H groups in total. The number of aromatic nitrogens is 2. The molecule has 0 aliphatic carbocycles. The average Bonchev–Trinajstić information content (AvgIpc) is 3.09. The van der Waals surface area contributed by atoms with Crippen molar-refractivity contribution in [2.24, 2.45) is 0 Å². The molecule has 1 fully saturated rings. The van der Waals surface area contributed by atoms with Gasteiger partial charge in [-0.2, -0.15) is 4.98 Å². The van der Waals surface area contributed by atoms with Crippen molar-refractivity contribution in [2.75, 3.05) is 11.9 Å². The number of hydrogen-bond acceptors (Lipinski definition) is 8. The van der Waals surface area contributed by atoms with Gasteiger partial charge in [0.05, 0.1) is 4.83 Å². The van der Waals surface area contributed by atoms with E-state index in [1.165, 1.54) is 31.7 Å². The molecule has 1 aromatic heterocycles. The average molecular weight is 555 g/mol. The summed E-state index contributed by atoms with van der Waals surface area (Å²) in [6, 6.07) is 8.40. The van der Waals surface area contributed by atoms with Crippen LogP contribution in [0.1, 0.15) is 36.0 Å². The van der Waals surface area contributed by atoms with Crippen molar-refractivity contribution < 1.29 is 28.6 Å². The third-order valence-electron chi connectivity index (χ3n) is 4.78. The summed E-state index contributed by atoms with van der Waals surface area (Å²) in [6.45, 7) is 2.35. The first-order chi connectivity index (χ1) is 16.2. The van der Waals surface area contributed by atoms with Crippen LogP contribution >= 0.6 is 27.5 Å². The maximum atomic E-state index is 12.9. The van der Waals surface area contributed by atoms with E-state index < -0.39 is 46.8 Å². The molecule has 0 unspecified atom stereocenters. The van der Waals surface area contributed by atoms with Crippen LogP contribution in [0.5, 0.6) is 0 Å². The van der Waals surface area contributed by atoms with Crippen LogP contribution in [0.3, 0.4) is 0 Å². The van der Waals surface area contributed by atoms with Gasteiger partial charge in [-0.3, -0.25) is 19.0 Å². The summed E-state index contributed by atoms with van der Waals surface area (Å²) in [4.78, 5) is 51.8. The van der Waals surface area contributed by atoms with Gasteiger partial charge in [-0.05, 0) is 18.2 Å². The van der Waals surface area contributed by atoms with E-state index in [-0.39, 0.29) is 12.4 Å². The predicted molar refractivity (Wildman–Crippen MR) is 127 cm³/mol. The first-order valence-corrected chi connectivity index (χ1v) is 11.4. The number of hydrogen-bond donors (Lipinski definition) is 1. The van der Waals surface area contributed by atoms with Crippen LogP contribution in [-0.4, -0.2) is 51.0 Å². The van der Waals surface area contributed by atoms with Crippen molar-refractivity contribution in [1.29, 1.82) is 0 Å². The highest BCUT2D eigenvalue weighted by molar-refractivity contribution is 9.09. The number of rotatable bonds is 7. The topological polar surface area (TPSA) is 126 Å². The van der Waals surface area contributed by atoms with Gasteiger partial charge in [0.2, 0.25) is 0 Å². The van der Waals surface area contributed by atoms with Crippen LogP contribution in [0.15, 0.2) is 46.9 Å². The molecule has 0 radical (unpaired) electrons. The van der Waals surface area contributed by atoms with E-state index in [0.717, 1.165) is 4.57 Å². The Hall–Kier alpha value is -3.02. The Kier molecular flexibility index (Phi) is 8.59. The van der Waals surface area contributed by atoms with Gasteiger partial charge in [0.1, 0.15) is 18.5 Å². The lowest BCUT2D eigenvalue weighted by Gasteiger charge is -2.22. The van der Waals surface area contributed by atoms with Crippen molar-refractivity contribution >= 4 is 57.3 Å². The maximum absolute atomic E-state index is 12.9. The highest BCUT2D eigenvalue weighted by Gasteiger charge is 2.47. The normalized spacial score (nSPS) is 21.9. The van der Waals surface area contributed by atoms with Crippen molar-refractivity contribution in [2.45, 2.75) is 37.1 Å². The van der Waals surface area contributed by atoms with E-state index in [1.807, 2.05) is 0 Å². The molecule has 1 amide bonds. The quantitative estimate of drug-likeness (QED) is 0.409. The molecule has 1 aliphatic rings. The van der Waals surface area contributed by atoms with Crippen molar-refractivity contribution in [3.05, 3.63) is 63.7 Å². The van der Waals surface area contributed by atoms with E-state index in [0.29, 0.717) is 11.1 Å². The summed E-state index contributed by atoms with van der Waals surface area (Å²) in [6.07, 6.45) is 0.0761. The molecule has 1 aromatic carbocycles. The van der Waals surface area contributed by atoms with Gasteiger partial charge in [-0.25, -0.2) is 4.79 Å². The minimum Gasteiger partial charge on any atom is -0.463 e. The second-order valence-electron chi connectivity index (χ2n) is 7.23. The molecular weight excluding hydrogens is 534 g/mol. The van der Waals surface area contributed by atoms with Gasteiger partial charge in [0, 0.05) is 36.7 Å². The molecule has 10 nitrogen and oxygen atoms in total. The summed E-state index contributed by atoms with van der Waals surface area (Å²) < 4.78 is 17.4. The molecule has 1 aliphatic heterocycles. The number of nitrogens with one attached hydrogen (secondary N) is 1. The second-order valence-corrected chi connectivity index (χ2v) is 8.54. The molecule has 12 heteroatoms. The van der Waals surface area contributed by atoms with Gasteiger partial charge in [0.15, 0.2) is 12.3 Å². The molecule has 0 saturated carbocycles. The van der Waals surface area contributed by atoms with Crippen molar-refractivity contribution in [3.63, 3.8) is 0 Å². The lowest BCUT2D eigenvalue weighted by molar-refractivity contribution is -0.153. The lowest BCUT2D eigenvalue weighted by Crippen LogP contribution is -2.37. The van der Waals surface area contributed by atoms with Crippen LogP contribution in [0.2, 0.25) is 0 Å². The molecule has 2 heterocycles. The Labute approximate surface area is 208 Å². The number of halogens is 2. The highest BCUT2D eigenvalue weighted by atomic mass is 79.9. The number of ether oxygens (including phenoxy) is 3. The van der Waals surface area contributed by atoms with E-state index in [9.17, 15) is 19.2 Å². The summed E-state index contributed by atoms with van der Waals surface area (Å²) in [5.41, 5.74) is 1.10. The summed E-state index contributed by atoms with van der Waals surface area (Å²) in [5, 5.41) is 2.60. The molecule has 34 heavy (non-hydrogen) atoms. The maximum Gasteiger partial charge on any atom is 0.351 e. The van der Waals surface area contributed by atoms with E-state index in [1.54, 1.807) is 30.3 Å². The third kappa shape index (κ3) is 6.10. The van der Waals surface area contributed by atoms with Crippen LogP contribution in [0, 0.1) is 0 Å². The number of amides is 1. The van der Waals surface area contributed by atoms with E-state index in [4.69, 9.17) is 25.8 Å². The largest absolute Gasteiger partial charge is 0.463 e.